The predicted octanol–water partition coefficient (Wildman–Crippen LogP) is 4.57. The molecule has 0 unspecified atom stereocenters. The molecule has 1 aromatic rings. The third-order valence-electron chi connectivity index (χ3n) is 3.78. The number of carbonyl (C=O) groups excluding carboxylic acids is 1. The van der Waals surface area contributed by atoms with Crippen molar-refractivity contribution >= 4 is 5.78 Å². The van der Waals surface area contributed by atoms with E-state index in [0.717, 1.165) is 5.56 Å². The molecule has 0 saturated carbocycles. The van der Waals surface area contributed by atoms with Gasteiger partial charge < -0.3 is 4.74 Å². The maximum absolute atomic E-state index is 11.7. The highest BCUT2D eigenvalue weighted by Gasteiger charge is 2.28. The molecule has 0 spiro atoms. The van der Waals surface area contributed by atoms with E-state index in [1.54, 1.807) is 6.92 Å². The van der Waals surface area contributed by atoms with Crippen LogP contribution in [0.3, 0.4) is 0 Å². The second-order valence-corrected chi connectivity index (χ2v) is 5.44. The molecule has 2 nitrogen and oxygen atoms in total. The summed E-state index contributed by atoms with van der Waals surface area (Å²) in [7, 11) is 0. The Bertz CT molecular complexity index is 436. The Hall–Kier alpha value is -1.41. The normalized spacial score (nSPS) is 17.6. The van der Waals surface area contributed by atoms with E-state index in [9.17, 15) is 4.79 Å². The van der Waals surface area contributed by atoms with Crippen LogP contribution in [0.4, 0.5) is 0 Å². The smallest absolute Gasteiger partial charge is 0.135 e. The maximum Gasteiger partial charge on any atom is 0.135 e. The van der Waals surface area contributed by atoms with Crippen molar-refractivity contribution in [2.24, 2.45) is 11.8 Å². The Morgan fingerprint density at radius 2 is 1.75 bits per heavy atom. The molecule has 0 aliphatic rings. The molecule has 0 amide bonds. The van der Waals surface area contributed by atoms with Gasteiger partial charge in [-0.1, -0.05) is 56.3 Å². The molecule has 0 aromatic heterocycles. The van der Waals surface area contributed by atoms with Crippen LogP contribution in [0.25, 0.3) is 0 Å². The second-order valence-electron chi connectivity index (χ2n) is 5.44. The Kier molecular flexibility index (Phi) is 6.66. The minimum atomic E-state index is -0.104. The summed E-state index contributed by atoms with van der Waals surface area (Å²) >= 11 is 0. The Labute approximate surface area is 122 Å². The van der Waals surface area contributed by atoms with Gasteiger partial charge in [-0.15, -0.1) is 0 Å². The van der Waals surface area contributed by atoms with Crippen molar-refractivity contribution in [3.05, 3.63) is 48.0 Å². The Morgan fingerprint density at radius 3 is 2.25 bits per heavy atom. The van der Waals surface area contributed by atoms with Crippen LogP contribution in [0.2, 0.25) is 0 Å². The number of ether oxygens (including phenoxy) is 1. The van der Waals surface area contributed by atoms with Crippen LogP contribution in [-0.2, 0) is 9.53 Å². The van der Waals surface area contributed by atoms with Crippen LogP contribution in [0.5, 0.6) is 0 Å². The summed E-state index contributed by atoms with van der Waals surface area (Å²) in [6, 6.07) is 10.1. The highest BCUT2D eigenvalue weighted by atomic mass is 16.5. The zero-order chi connectivity index (χ0) is 15.1. The molecule has 1 aromatic carbocycles. The van der Waals surface area contributed by atoms with E-state index in [0.29, 0.717) is 0 Å². The lowest BCUT2D eigenvalue weighted by Gasteiger charge is -2.30. The third-order valence-corrected chi connectivity index (χ3v) is 3.78. The number of Topliss-reactive ketones (excluding diaryl/α,β-unsaturated/α-hetero) is 1. The van der Waals surface area contributed by atoms with Crippen LogP contribution in [-0.4, -0.2) is 11.9 Å². The van der Waals surface area contributed by atoms with E-state index in [1.165, 1.54) is 0 Å². The average Bonchev–Trinajstić information content (AvgIpc) is 2.44. The fourth-order valence-corrected chi connectivity index (χ4v) is 2.38. The van der Waals surface area contributed by atoms with E-state index in [4.69, 9.17) is 4.74 Å². The van der Waals surface area contributed by atoms with Crippen molar-refractivity contribution < 1.29 is 9.53 Å². The topological polar surface area (TPSA) is 26.3 Å². The fourth-order valence-electron chi connectivity index (χ4n) is 2.38. The Morgan fingerprint density at radius 1 is 1.15 bits per heavy atom. The average molecular weight is 274 g/mol. The monoisotopic (exact) mass is 274 g/mol. The van der Waals surface area contributed by atoms with Crippen molar-refractivity contribution in [1.29, 1.82) is 0 Å². The fraction of sp³-hybridized carbons (Fsp3) is 0.500. The van der Waals surface area contributed by atoms with Gasteiger partial charge in [0.1, 0.15) is 5.78 Å². The molecule has 0 N–H and O–H groups in total. The standard InChI is InChI=1S/C18H26O2/c1-6-10-13(2)18(14(3)15(4)19)20-16(5)17-11-8-7-9-12-17/h6-14,16,18H,1-5H3/b10-6+/t13-,14-,16+,18-/m0/s1. The predicted molar refractivity (Wildman–Crippen MR) is 83.6 cm³/mol. The molecule has 0 aliphatic carbocycles. The largest absolute Gasteiger partial charge is 0.369 e. The summed E-state index contributed by atoms with van der Waals surface area (Å²) in [6.45, 7) is 9.72. The first kappa shape index (κ1) is 16.6. The summed E-state index contributed by atoms with van der Waals surface area (Å²) in [6.07, 6.45) is 4.00. The maximum atomic E-state index is 11.7. The van der Waals surface area contributed by atoms with E-state index in [-0.39, 0.29) is 29.8 Å². The Balaban J connectivity index is 2.86. The zero-order valence-corrected chi connectivity index (χ0v) is 13.2. The SMILES string of the molecule is C/C=C/[C@H](C)[C@H](O[C@H](C)c1ccccc1)[C@@H](C)C(C)=O. The number of allylic oxidation sites excluding steroid dienone is 1. The quantitative estimate of drug-likeness (QED) is 0.681. The van der Waals surface area contributed by atoms with Crippen LogP contribution >= 0.6 is 0 Å². The lowest BCUT2D eigenvalue weighted by molar-refractivity contribution is -0.129. The van der Waals surface area contributed by atoms with Gasteiger partial charge in [-0.3, -0.25) is 4.79 Å². The molecular formula is C18H26O2. The molecule has 0 heterocycles. The summed E-state index contributed by atoms with van der Waals surface area (Å²) in [5, 5.41) is 0. The van der Waals surface area contributed by atoms with E-state index in [2.05, 4.69) is 25.1 Å². The number of ketones is 1. The van der Waals surface area contributed by atoms with Gasteiger partial charge in [-0.2, -0.15) is 0 Å². The molecule has 0 radical (unpaired) electrons. The number of hydrogen-bond acceptors (Lipinski definition) is 2. The van der Waals surface area contributed by atoms with Crippen molar-refractivity contribution in [3.8, 4) is 0 Å². The second kappa shape index (κ2) is 8.01. The number of benzene rings is 1. The summed E-state index contributed by atoms with van der Waals surface area (Å²) in [5.41, 5.74) is 1.14. The van der Waals surface area contributed by atoms with Gasteiger partial charge in [0.05, 0.1) is 12.2 Å². The van der Waals surface area contributed by atoms with E-state index < -0.39 is 0 Å². The van der Waals surface area contributed by atoms with Crippen molar-refractivity contribution in [2.75, 3.05) is 0 Å². The van der Waals surface area contributed by atoms with Crippen molar-refractivity contribution in [2.45, 2.75) is 46.8 Å². The van der Waals surface area contributed by atoms with E-state index >= 15 is 0 Å². The van der Waals surface area contributed by atoms with Crippen molar-refractivity contribution in [3.63, 3.8) is 0 Å². The first-order valence-electron chi connectivity index (χ1n) is 7.31. The molecule has 1 rings (SSSR count). The highest BCUT2D eigenvalue weighted by molar-refractivity contribution is 5.78. The molecular weight excluding hydrogens is 248 g/mol. The molecule has 0 fully saturated rings. The molecule has 2 heteroatoms. The van der Waals surface area contributed by atoms with Gasteiger partial charge >= 0.3 is 0 Å². The summed E-state index contributed by atoms with van der Waals surface area (Å²) in [4.78, 5) is 11.7. The molecule has 0 aliphatic heterocycles. The first-order valence-corrected chi connectivity index (χ1v) is 7.31. The van der Waals surface area contributed by atoms with Gasteiger partial charge in [-0.05, 0) is 26.3 Å². The number of hydrogen-bond donors (Lipinski definition) is 0. The molecule has 0 saturated heterocycles. The highest BCUT2D eigenvalue weighted by Crippen LogP contribution is 2.26. The molecule has 4 atom stereocenters. The van der Waals surface area contributed by atoms with E-state index in [1.807, 2.05) is 45.0 Å². The van der Waals surface area contributed by atoms with Crippen LogP contribution in [0, 0.1) is 11.8 Å². The lowest BCUT2D eigenvalue weighted by atomic mass is 9.90. The molecule has 110 valence electrons. The molecule has 20 heavy (non-hydrogen) atoms. The van der Waals surface area contributed by atoms with Crippen LogP contribution in [0.1, 0.15) is 46.3 Å². The van der Waals surface area contributed by atoms with Crippen LogP contribution in [0.15, 0.2) is 42.5 Å². The number of carbonyl (C=O) groups is 1. The minimum absolute atomic E-state index is 0.0179. The van der Waals surface area contributed by atoms with Gasteiger partial charge in [0.15, 0.2) is 0 Å². The summed E-state index contributed by atoms with van der Waals surface area (Å²) in [5.74, 6) is 0.282. The first-order chi connectivity index (χ1) is 9.47. The summed E-state index contributed by atoms with van der Waals surface area (Å²) < 4.78 is 6.20. The molecule has 0 bridgehead atoms. The lowest BCUT2D eigenvalue weighted by Crippen LogP contribution is -2.33. The van der Waals surface area contributed by atoms with Gasteiger partial charge in [-0.25, -0.2) is 0 Å². The third kappa shape index (κ3) is 4.61. The van der Waals surface area contributed by atoms with Gasteiger partial charge in [0, 0.05) is 11.8 Å². The van der Waals surface area contributed by atoms with Gasteiger partial charge in [0.25, 0.3) is 0 Å². The van der Waals surface area contributed by atoms with Crippen molar-refractivity contribution in [1.82, 2.24) is 0 Å². The van der Waals surface area contributed by atoms with Crippen LogP contribution < -0.4 is 0 Å². The minimum Gasteiger partial charge on any atom is -0.369 e. The number of rotatable bonds is 7. The zero-order valence-electron chi connectivity index (χ0n) is 13.2. The van der Waals surface area contributed by atoms with Gasteiger partial charge in [0.2, 0.25) is 0 Å².